The van der Waals surface area contributed by atoms with Crippen LogP contribution in [0.5, 0.6) is 0 Å². The van der Waals surface area contributed by atoms with Crippen molar-refractivity contribution >= 4 is 21.8 Å². The Morgan fingerprint density at radius 3 is 2.67 bits per heavy atom. The summed E-state index contributed by atoms with van der Waals surface area (Å²) in [6.07, 6.45) is 2.47. The molecule has 1 aliphatic carbocycles. The third-order valence-electron chi connectivity index (χ3n) is 3.63. The van der Waals surface area contributed by atoms with E-state index in [1.807, 2.05) is 25.2 Å². The highest BCUT2D eigenvalue weighted by Crippen LogP contribution is 2.46. The van der Waals surface area contributed by atoms with Gasteiger partial charge >= 0.3 is 0 Å². The van der Waals surface area contributed by atoms with E-state index >= 15 is 0 Å². The van der Waals surface area contributed by atoms with E-state index in [9.17, 15) is 9.90 Å². The maximum atomic E-state index is 12.1. The van der Waals surface area contributed by atoms with Crippen molar-refractivity contribution in [2.75, 3.05) is 20.2 Å². The standard InChI is InChI=1S/C14H18BrNO2/c1-16(13(18)14(10-17)7-8-14)9-6-11-4-2-3-5-12(11)15/h2-5,17H,6-10H2,1H3. The molecule has 1 aliphatic rings. The van der Waals surface area contributed by atoms with Crippen molar-refractivity contribution in [1.82, 2.24) is 4.90 Å². The second kappa shape index (κ2) is 5.41. The van der Waals surface area contributed by atoms with Gasteiger partial charge in [0.05, 0.1) is 12.0 Å². The summed E-state index contributed by atoms with van der Waals surface area (Å²) in [4.78, 5) is 13.9. The number of aliphatic hydroxyl groups is 1. The van der Waals surface area contributed by atoms with Crippen molar-refractivity contribution in [3.63, 3.8) is 0 Å². The molecule has 3 nitrogen and oxygen atoms in total. The van der Waals surface area contributed by atoms with Gasteiger partial charge in [0.25, 0.3) is 0 Å². The predicted octanol–water partition coefficient (Wildman–Crippen LogP) is 2.22. The molecule has 0 radical (unpaired) electrons. The van der Waals surface area contributed by atoms with Gasteiger partial charge in [-0.1, -0.05) is 34.1 Å². The van der Waals surface area contributed by atoms with Crippen molar-refractivity contribution in [3.8, 4) is 0 Å². The molecular weight excluding hydrogens is 294 g/mol. The number of aliphatic hydroxyl groups excluding tert-OH is 1. The molecule has 0 bridgehead atoms. The summed E-state index contributed by atoms with van der Waals surface area (Å²) in [5.74, 6) is 0.0806. The molecule has 0 aromatic heterocycles. The number of carbonyl (C=O) groups excluding carboxylic acids is 1. The minimum Gasteiger partial charge on any atom is -0.395 e. The summed E-state index contributed by atoms with van der Waals surface area (Å²) in [5.41, 5.74) is 0.744. The fourth-order valence-corrected chi connectivity index (χ4v) is 2.57. The molecule has 1 saturated carbocycles. The van der Waals surface area contributed by atoms with Gasteiger partial charge in [0.15, 0.2) is 0 Å². The van der Waals surface area contributed by atoms with E-state index < -0.39 is 5.41 Å². The molecule has 0 aliphatic heterocycles. The van der Waals surface area contributed by atoms with E-state index in [0.717, 1.165) is 23.7 Å². The van der Waals surface area contributed by atoms with E-state index in [4.69, 9.17) is 0 Å². The summed E-state index contributed by atoms with van der Waals surface area (Å²) in [7, 11) is 1.81. The first kappa shape index (κ1) is 13.6. The number of benzene rings is 1. The lowest BCUT2D eigenvalue weighted by atomic mass is 10.1. The molecule has 98 valence electrons. The Morgan fingerprint density at radius 1 is 1.44 bits per heavy atom. The number of rotatable bonds is 5. The molecule has 0 unspecified atom stereocenters. The van der Waals surface area contributed by atoms with Crippen LogP contribution in [0.25, 0.3) is 0 Å². The normalized spacial score (nSPS) is 16.4. The van der Waals surface area contributed by atoms with E-state index in [1.165, 1.54) is 5.56 Å². The van der Waals surface area contributed by atoms with Crippen LogP contribution in [0.2, 0.25) is 0 Å². The summed E-state index contributed by atoms with van der Waals surface area (Å²) < 4.78 is 1.08. The van der Waals surface area contributed by atoms with Crippen LogP contribution >= 0.6 is 15.9 Å². The molecule has 1 aromatic carbocycles. The van der Waals surface area contributed by atoms with Gasteiger partial charge < -0.3 is 10.0 Å². The average molecular weight is 312 g/mol. The van der Waals surface area contributed by atoms with E-state index in [2.05, 4.69) is 22.0 Å². The van der Waals surface area contributed by atoms with Gasteiger partial charge in [-0.15, -0.1) is 0 Å². The summed E-state index contributed by atoms with van der Waals surface area (Å²) >= 11 is 3.51. The fraction of sp³-hybridized carbons (Fsp3) is 0.500. The SMILES string of the molecule is CN(CCc1ccccc1Br)C(=O)C1(CO)CC1. The molecule has 0 saturated heterocycles. The first-order valence-electron chi connectivity index (χ1n) is 6.19. The number of amides is 1. The first-order chi connectivity index (χ1) is 8.59. The van der Waals surface area contributed by atoms with Gasteiger partial charge in [0.2, 0.25) is 5.91 Å². The third kappa shape index (κ3) is 2.75. The highest BCUT2D eigenvalue weighted by Gasteiger charge is 2.50. The zero-order chi connectivity index (χ0) is 13.2. The van der Waals surface area contributed by atoms with Gasteiger partial charge in [0, 0.05) is 18.1 Å². The lowest BCUT2D eigenvalue weighted by Crippen LogP contribution is -2.37. The van der Waals surface area contributed by atoms with Crippen LogP contribution in [-0.2, 0) is 11.2 Å². The molecule has 2 rings (SSSR count). The molecule has 1 amide bonds. The Morgan fingerprint density at radius 2 is 2.11 bits per heavy atom. The zero-order valence-corrected chi connectivity index (χ0v) is 12.1. The molecule has 0 atom stereocenters. The van der Waals surface area contributed by atoms with Crippen LogP contribution in [0.1, 0.15) is 18.4 Å². The van der Waals surface area contributed by atoms with Crippen molar-refractivity contribution < 1.29 is 9.90 Å². The Bertz CT molecular complexity index is 443. The number of likely N-dealkylation sites (N-methyl/N-ethyl adjacent to an activating group) is 1. The van der Waals surface area contributed by atoms with Crippen molar-refractivity contribution in [1.29, 1.82) is 0 Å². The van der Waals surface area contributed by atoms with Crippen molar-refractivity contribution in [3.05, 3.63) is 34.3 Å². The quantitative estimate of drug-likeness (QED) is 0.906. The molecule has 1 N–H and O–H groups in total. The number of hydrogen-bond acceptors (Lipinski definition) is 2. The summed E-state index contributed by atoms with van der Waals surface area (Å²) in [6.45, 7) is 0.661. The van der Waals surface area contributed by atoms with Crippen LogP contribution in [0.15, 0.2) is 28.7 Å². The van der Waals surface area contributed by atoms with Crippen LogP contribution in [-0.4, -0.2) is 36.1 Å². The predicted molar refractivity (Wildman–Crippen MR) is 74.2 cm³/mol. The maximum absolute atomic E-state index is 12.1. The van der Waals surface area contributed by atoms with Gasteiger partial charge in [-0.05, 0) is 30.9 Å². The average Bonchev–Trinajstić information content (AvgIpc) is 3.17. The maximum Gasteiger partial charge on any atom is 0.230 e. The molecule has 1 fully saturated rings. The van der Waals surface area contributed by atoms with E-state index in [-0.39, 0.29) is 12.5 Å². The highest BCUT2D eigenvalue weighted by molar-refractivity contribution is 9.10. The minimum atomic E-state index is -0.456. The lowest BCUT2D eigenvalue weighted by molar-refractivity contribution is -0.137. The fourth-order valence-electron chi connectivity index (χ4n) is 2.09. The van der Waals surface area contributed by atoms with Crippen molar-refractivity contribution in [2.24, 2.45) is 5.41 Å². The first-order valence-corrected chi connectivity index (χ1v) is 6.98. The largest absolute Gasteiger partial charge is 0.395 e. The zero-order valence-electron chi connectivity index (χ0n) is 10.5. The summed E-state index contributed by atoms with van der Waals surface area (Å²) in [5, 5.41) is 9.25. The Balaban J connectivity index is 1.91. The number of hydrogen-bond donors (Lipinski definition) is 1. The Hall–Kier alpha value is -0.870. The van der Waals surface area contributed by atoms with Crippen LogP contribution in [0, 0.1) is 5.41 Å². The highest BCUT2D eigenvalue weighted by atomic mass is 79.9. The van der Waals surface area contributed by atoms with E-state index in [1.54, 1.807) is 4.90 Å². The van der Waals surface area contributed by atoms with E-state index in [0.29, 0.717) is 6.54 Å². The Kier molecular flexibility index (Phi) is 4.07. The molecule has 0 spiro atoms. The van der Waals surface area contributed by atoms with Gasteiger partial charge in [-0.25, -0.2) is 0 Å². The second-order valence-corrected chi connectivity index (χ2v) is 5.86. The van der Waals surface area contributed by atoms with Crippen LogP contribution in [0.4, 0.5) is 0 Å². The van der Waals surface area contributed by atoms with Gasteiger partial charge in [-0.2, -0.15) is 0 Å². The molecule has 4 heteroatoms. The van der Waals surface area contributed by atoms with Gasteiger partial charge in [0.1, 0.15) is 0 Å². The Labute approximate surface area is 116 Å². The monoisotopic (exact) mass is 311 g/mol. The molecule has 1 aromatic rings. The van der Waals surface area contributed by atoms with Gasteiger partial charge in [-0.3, -0.25) is 4.79 Å². The number of nitrogens with zero attached hydrogens (tertiary/aromatic N) is 1. The third-order valence-corrected chi connectivity index (χ3v) is 4.40. The topological polar surface area (TPSA) is 40.5 Å². The smallest absolute Gasteiger partial charge is 0.230 e. The molecule has 18 heavy (non-hydrogen) atoms. The molecular formula is C14H18BrNO2. The van der Waals surface area contributed by atoms with Crippen LogP contribution < -0.4 is 0 Å². The minimum absolute atomic E-state index is 0.0226. The van der Waals surface area contributed by atoms with Crippen molar-refractivity contribution in [2.45, 2.75) is 19.3 Å². The van der Waals surface area contributed by atoms with Crippen LogP contribution in [0.3, 0.4) is 0 Å². The second-order valence-electron chi connectivity index (χ2n) is 5.01. The molecule has 0 heterocycles. The lowest BCUT2D eigenvalue weighted by Gasteiger charge is -2.22. The number of halogens is 1. The number of carbonyl (C=O) groups is 1. The summed E-state index contributed by atoms with van der Waals surface area (Å²) in [6, 6.07) is 8.04.